The third-order valence-electron chi connectivity index (χ3n) is 5.34. The molecule has 2 aromatic carbocycles. The molecule has 7 heteroatoms. The predicted octanol–water partition coefficient (Wildman–Crippen LogP) is 4.18. The maximum Gasteiger partial charge on any atom is 0.254 e. The van der Waals surface area contributed by atoms with Gasteiger partial charge in [0.2, 0.25) is 5.88 Å². The van der Waals surface area contributed by atoms with Gasteiger partial charge in [0.25, 0.3) is 5.91 Å². The number of benzene rings is 2. The van der Waals surface area contributed by atoms with E-state index >= 15 is 0 Å². The first kappa shape index (κ1) is 21.5. The Kier molecular flexibility index (Phi) is 7.27. The minimum atomic E-state index is -0.0296. The van der Waals surface area contributed by atoms with Gasteiger partial charge in [0.1, 0.15) is 5.69 Å². The van der Waals surface area contributed by atoms with Crippen molar-refractivity contribution in [2.45, 2.75) is 6.54 Å². The van der Waals surface area contributed by atoms with Crippen LogP contribution in [0.15, 0.2) is 65.2 Å². The zero-order chi connectivity index (χ0) is 21.5. The fourth-order valence-corrected chi connectivity index (χ4v) is 4.59. The van der Waals surface area contributed by atoms with E-state index in [1.807, 2.05) is 77.3 Å². The van der Waals surface area contributed by atoms with Crippen molar-refractivity contribution in [1.29, 1.82) is 0 Å². The third-order valence-corrected chi connectivity index (χ3v) is 6.28. The number of hydrogen-bond donors (Lipinski definition) is 0. The summed E-state index contributed by atoms with van der Waals surface area (Å²) in [6.07, 6.45) is 0. The van der Waals surface area contributed by atoms with E-state index in [4.69, 9.17) is 9.26 Å². The third kappa shape index (κ3) is 5.11. The smallest absolute Gasteiger partial charge is 0.254 e. The average molecular weight is 438 g/mol. The molecule has 1 saturated heterocycles. The SMILES string of the molecule is COCCN(Cc1c(-c2ccccc2)noc1N1CCSCC1)C(=O)c1ccccc1. The number of carbonyl (C=O) groups excluding carboxylic acids is 1. The van der Waals surface area contributed by atoms with E-state index in [1.54, 1.807) is 7.11 Å². The molecule has 0 saturated carbocycles. The molecule has 0 N–H and O–H groups in total. The second kappa shape index (κ2) is 10.5. The monoisotopic (exact) mass is 437 g/mol. The van der Waals surface area contributed by atoms with Crippen LogP contribution in [-0.4, -0.2) is 60.8 Å². The first-order chi connectivity index (χ1) is 15.3. The molecule has 0 aliphatic carbocycles. The first-order valence-electron chi connectivity index (χ1n) is 10.5. The van der Waals surface area contributed by atoms with Crippen LogP contribution in [0.4, 0.5) is 5.88 Å². The number of aromatic nitrogens is 1. The molecule has 1 aromatic heterocycles. The van der Waals surface area contributed by atoms with Crippen LogP contribution in [0, 0.1) is 0 Å². The molecule has 2 heterocycles. The molecule has 0 radical (unpaired) electrons. The number of amides is 1. The van der Waals surface area contributed by atoms with Crippen LogP contribution >= 0.6 is 11.8 Å². The average Bonchev–Trinajstić information content (AvgIpc) is 3.26. The van der Waals surface area contributed by atoms with Crippen molar-refractivity contribution in [1.82, 2.24) is 10.1 Å². The summed E-state index contributed by atoms with van der Waals surface area (Å²) in [6.45, 7) is 3.17. The van der Waals surface area contributed by atoms with Crippen molar-refractivity contribution < 1.29 is 14.1 Å². The number of rotatable bonds is 8. The zero-order valence-electron chi connectivity index (χ0n) is 17.7. The maximum absolute atomic E-state index is 13.3. The molecule has 162 valence electrons. The van der Waals surface area contributed by atoms with Gasteiger partial charge in [0.15, 0.2) is 0 Å². The highest BCUT2D eigenvalue weighted by Gasteiger charge is 2.27. The van der Waals surface area contributed by atoms with E-state index in [2.05, 4.69) is 10.1 Å². The minimum Gasteiger partial charge on any atom is -0.383 e. The Balaban J connectivity index is 1.70. The summed E-state index contributed by atoms with van der Waals surface area (Å²) >= 11 is 1.94. The normalized spacial score (nSPS) is 13.9. The van der Waals surface area contributed by atoms with Gasteiger partial charge in [-0.1, -0.05) is 53.7 Å². The predicted molar refractivity (Wildman–Crippen MR) is 125 cm³/mol. The van der Waals surface area contributed by atoms with Crippen molar-refractivity contribution in [3.63, 3.8) is 0 Å². The standard InChI is InChI=1S/C24H27N3O3S/c1-29-15-12-27(23(28)20-10-6-3-7-11-20)18-21-22(19-8-4-2-5-9-19)25-30-24(21)26-13-16-31-17-14-26/h2-11H,12-18H2,1H3. The quantitative estimate of drug-likeness (QED) is 0.527. The molecule has 1 aliphatic heterocycles. The van der Waals surface area contributed by atoms with Crippen LogP contribution in [0.25, 0.3) is 11.3 Å². The van der Waals surface area contributed by atoms with Crippen LogP contribution in [0.5, 0.6) is 0 Å². The second-order valence-corrected chi connectivity index (χ2v) is 8.59. The summed E-state index contributed by atoms with van der Waals surface area (Å²) in [6, 6.07) is 19.4. The molecular formula is C24H27N3O3S. The number of nitrogens with zero attached hydrogens (tertiary/aromatic N) is 3. The number of methoxy groups -OCH3 is 1. The van der Waals surface area contributed by atoms with Gasteiger partial charge in [-0.2, -0.15) is 11.8 Å². The van der Waals surface area contributed by atoms with Crippen molar-refractivity contribution in [3.8, 4) is 11.3 Å². The van der Waals surface area contributed by atoms with E-state index in [0.29, 0.717) is 25.3 Å². The van der Waals surface area contributed by atoms with Gasteiger partial charge in [0.05, 0.1) is 18.7 Å². The van der Waals surface area contributed by atoms with Gasteiger partial charge in [-0.25, -0.2) is 0 Å². The molecule has 1 amide bonds. The Morgan fingerprint density at radius 1 is 1.10 bits per heavy atom. The summed E-state index contributed by atoms with van der Waals surface area (Å²) in [7, 11) is 1.65. The maximum atomic E-state index is 13.3. The molecule has 0 atom stereocenters. The van der Waals surface area contributed by atoms with Crippen LogP contribution in [0.1, 0.15) is 15.9 Å². The van der Waals surface area contributed by atoms with Crippen LogP contribution in [-0.2, 0) is 11.3 Å². The molecule has 4 rings (SSSR count). The fourth-order valence-electron chi connectivity index (χ4n) is 3.69. The van der Waals surface area contributed by atoms with Gasteiger partial charge in [-0.15, -0.1) is 0 Å². The second-order valence-electron chi connectivity index (χ2n) is 7.37. The Morgan fingerprint density at radius 3 is 2.45 bits per heavy atom. The van der Waals surface area contributed by atoms with E-state index in [-0.39, 0.29) is 5.91 Å². The lowest BCUT2D eigenvalue weighted by atomic mass is 10.1. The molecular weight excluding hydrogens is 410 g/mol. The number of thioether (sulfide) groups is 1. The molecule has 3 aromatic rings. The van der Waals surface area contributed by atoms with Crippen LogP contribution < -0.4 is 4.90 Å². The van der Waals surface area contributed by atoms with Gasteiger partial charge < -0.3 is 19.1 Å². The molecule has 31 heavy (non-hydrogen) atoms. The van der Waals surface area contributed by atoms with Gasteiger partial charge in [0, 0.05) is 49.4 Å². The number of hydrogen-bond acceptors (Lipinski definition) is 6. The molecule has 6 nitrogen and oxygen atoms in total. The van der Waals surface area contributed by atoms with Crippen molar-refractivity contribution >= 4 is 23.6 Å². The minimum absolute atomic E-state index is 0.0296. The Hall–Kier alpha value is -2.77. The fraction of sp³-hybridized carbons (Fsp3) is 0.333. The van der Waals surface area contributed by atoms with E-state index in [9.17, 15) is 4.79 Å². The zero-order valence-corrected chi connectivity index (χ0v) is 18.5. The largest absolute Gasteiger partial charge is 0.383 e. The molecule has 0 unspecified atom stereocenters. The Bertz CT molecular complexity index is 972. The number of ether oxygens (including phenoxy) is 1. The Morgan fingerprint density at radius 2 is 1.77 bits per heavy atom. The summed E-state index contributed by atoms with van der Waals surface area (Å²) < 4.78 is 11.2. The lowest BCUT2D eigenvalue weighted by Gasteiger charge is -2.28. The van der Waals surface area contributed by atoms with E-state index < -0.39 is 0 Å². The lowest BCUT2D eigenvalue weighted by molar-refractivity contribution is 0.0681. The first-order valence-corrected chi connectivity index (χ1v) is 11.6. The lowest BCUT2D eigenvalue weighted by Crippen LogP contribution is -2.36. The number of carbonyl (C=O) groups is 1. The highest BCUT2D eigenvalue weighted by Crippen LogP contribution is 2.33. The summed E-state index contributed by atoms with van der Waals surface area (Å²) in [4.78, 5) is 17.4. The molecule has 1 aliphatic rings. The van der Waals surface area contributed by atoms with Crippen molar-refractivity contribution in [3.05, 3.63) is 71.8 Å². The Labute approximate surface area is 187 Å². The summed E-state index contributed by atoms with van der Waals surface area (Å²) in [5.41, 5.74) is 3.38. The van der Waals surface area contributed by atoms with Gasteiger partial charge >= 0.3 is 0 Å². The van der Waals surface area contributed by atoms with Crippen LogP contribution in [0.2, 0.25) is 0 Å². The van der Waals surface area contributed by atoms with E-state index in [1.165, 1.54) is 0 Å². The molecule has 0 bridgehead atoms. The highest BCUT2D eigenvalue weighted by molar-refractivity contribution is 7.99. The van der Waals surface area contributed by atoms with Crippen LogP contribution in [0.3, 0.4) is 0 Å². The summed E-state index contributed by atoms with van der Waals surface area (Å²) in [5.74, 6) is 2.84. The van der Waals surface area contributed by atoms with Crippen molar-refractivity contribution in [2.75, 3.05) is 49.8 Å². The van der Waals surface area contributed by atoms with Gasteiger partial charge in [-0.05, 0) is 12.1 Å². The molecule has 1 fully saturated rings. The molecule has 0 spiro atoms. The highest BCUT2D eigenvalue weighted by atomic mass is 32.2. The number of anilines is 1. The van der Waals surface area contributed by atoms with E-state index in [0.717, 1.165) is 47.3 Å². The van der Waals surface area contributed by atoms with Gasteiger partial charge in [-0.3, -0.25) is 4.79 Å². The topological polar surface area (TPSA) is 58.8 Å². The summed E-state index contributed by atoms with van der Waals surface area (Å²) in [5, 5.41) is 4.43. The van der Waals surface area contributed by atoms with Crippen molar-refractivity contribution in [2.24, 2.45) is 0 Å².